The molecule has 1 aliphatic carbocycles. The second-order valence-corrected chi connectivity index (χ2v) is 6.78. The molecule has 1 fully saturated rings. The zero-order valence-corrected chi connectivity index (χ0v) is 11.9. The third kappa shape index (κ3) is 2.99. The summed E-state index contributed by atoms with van der Waals surface area (Å²) < 4.78 is 53.3. The van der Waals surface area contributed by atoms with Crippen LogP contribution in [0.25, 0.3) is 0 Å². The number of benzene rings is 1. The van der Waals surface area contributed by atoms with E-state index in [-0.39, 0.29) is 12.6 Å². The molecule has 0 atom stereocenters. The topological polar surface area (TPSA) is 63.4 Å². The second-order valence-electron chi connectivity index (χ2n) is 4.92. The van der Waals surface area contributed by atoms with Crippen molar-refractivity contribution >= 4 is 10.0 Å². The van der Waals surface area contributed by atoms with Crippen LogP contribution in [-0.2, 0) is 10.0 Å². The first-order chi connectivity index (χ1) is 9.46. The lowest BCUT2D eigenvalue weighted by Crippen LogP contribution is -2.45. The minimum atomic E-state index is -4.02. The van der Waals surface area contributed by atoms with E-state index in [9.17, 15) is 17.2 Å². The molecule has 0 saturated heterocycles. The quantitative estimate of drug-likeness (QED) is 0.872. The van der Waals surface area contributed by atoms with Gasteiger partial charge < -0.3 is 5.73 Å². The van der Waals surface area contributed by atoms with Gasteiger partial charge in [0.05, 0.1) is 0 Å². The molecule has 0 aliphatic heterocycles. The first-order valence-corrected chi connectivity index (χ1v) is 8.08. The molecule has 0 aromatic heterocycles. The van der Waals surface area contributed by atoms with E-state index in [0.29, 0.717) is 13.0 Å². The standard InChI is InChI=1S/C13H18F2N2O2S/c14-10-5-6-12(15)13(9-10)20(18,19)17(8-2-7-16)11-3-1-4-11/h5-6,9,11H,1-4,7-8,16H2. The lowest BCUT2D eigenvalue weighted by atomic mass is 9.93. The Morgan fingerprint density at radius 2 is 2.00 bits per heavy atom. The van der Waals surface area contributed by atoms with Gasteiger partial charge in [0.25, 0.3) is 0 Å². The van der Waals surface area contributed by atoms with E-state index in [2.05, 4.69) is 0 Å². The molecule has 4 nitrogen and oxygen atoms in total. The van der Waals surface area contributed by atoms with E-state index >= 15 is 0 Å². The summed E-state index contributed by atoms with van der Waals surface area (Å²) in [4.78, 5) is -0.596. The smallest absolute Gasteiger partial charge is 0.246 e. The highest BCUT2D eigenvalue weighted by molar-refractivity contribution is 7.89. The molecule has 0 bridgehead atoms. The summed E-state index contributed by atoms with van der Waals surface area (Å²) in [6.45, 7) is 0.587. The molecule has 20 heavy (non-hydrogen) atoms. The fourth-order valence-electron chi connectivity index (χ4n) is 2.22. The highest BCUT2D eigenvalue weighted by Crippen LogP contribution is 2.31. The fourth-order valence-corrected chi connectivity index (χ4v) is 4.02. The Bertz CT molecular complexity index is 574. The van der Waals surface area contributed by atoms with Crippen molar-refractivity contribution in [3.05, 3.63) is 29.8 Å². The molecule has 1 aromatic carbocycles. The zero-order valence-electron chi connectivity index (χ0n) is 11.1. The van der Waals surface area contributed by atoms with Crippen molar-refractivity contribution in [3.63, 3.8) is 0 Å². The average Bonchev–Trinajstić information content (AvgIpc) is 2.34. The van der Waals surface area contributed by atoms with Crippen molar-refractivity contribution in [3.8, 4) is 0 Å². The number of sulfonamides is 1. The molecule has 7 heteroatoms. The Balaban J connectivity index is 2.36. The van der Waals surface area contributed by atoms with Gasteiger partial charge in [0.2, 0.25) is 10.0 Å². The van der Waals surface area contributed by atoms with Gasteiger partial charge in [0, 0.05) is 12.6 Å². The number of nitrogens with two attached hydrogens (primary N) is 1. The van der Waals surface area contributed by atoms with Crippen LogP contribution in [0.5, 0.6) is 0 Å². The van der Waals surface area contributed by atoms with Crippen LogP contribution in [0.1, 0.15) is 25.7 Å². The van der Waals surface area contributed by atoms with Gasteiger partial charge in [0.1, 0.15) is 16.5 Å². The zero-order chi connectivity index (χ0) is 14.8. The lowest BCUT2D eigenvalue weighted by molar-refractivity contribution is 0.218. The Kier molecular flexibility index (Phi) is 4.72. The molecule has 0 unspecified atom stereocenters. The van der Waals surface area contributed by atoms with E-state index in [1.807, 2.05) is 0 Å². The van der Waals surface area contributed by atoms with Crippen molar-refractivity contribution < 1.29 is 17.2 Å². The average molecular weight is 304 g/mol. The first-order valence-electron chi connectivity index (χ1n) is 6.64. The molecule has 0 radical (unpaired) electrons. The molecular formula is C13H18F2N2O2S. The molecule has 1 aromatic rings. The van der Waals surface area contributed by atoms with Crippen molar-refractivity contribution in [1.82, 2.24) is 4.31 Å². The molecular weight excluding hydrogens is 286 g/mol. The third-order valence-corrected chi connectivity index (χ3v) is 5.51. The fraction of sp³-hybridized carbons (Fsp3) is 0.538. The van der Waals surface area contributed by atoms with Crippen LogP contribution >= 0.6 is 0 Å². The first kappa shape index (κ1) is 15.3. The van der Waals surface area contributed by atoms with Gasteiger partial charge in [-0.25, -0.2) is 17.2 Å². The Hall–Kier alpha value is -1.05. The molecule has 0 spiro atoms. The summed E-state index contributed by atoms with van der Waals surface area (Å²) in [5.74, 6) is -1.69. The predicted octanol–water partition coefficient (Wildman–Crippen LogP) is 1.86. The Morgan fingerprint density at radius 1 is 1.30 bits per heavy atom. The SMILES string of the molecule is NCCCN(C1CCC1)S(=O)(=O)c1cc(F)ccc1F. The number of halogens is 2. The van der Waals surface area contributed by atoms with Crippen LogP contribution in [0, 0.1) is 11.6 Å². The molecule has 0 amide bonds. The summed E-state index contributed by atoms with van der Waals surface area (Å²) >= 11 is 0. The summed E-state index contributed by atoms with van der Waals surface area (Å²) in [5.41, 5.74) is 5.42. The van der Waals surface area contributed by atoms with Crippen molar-refractivity contribution in [2.24, 2.45) is 5.73 Å². The summed E-state index contributed by atoms with van der Waals surface area (Å²) in [6, 6.07) is 2.35. The summed E-state index contributed by atoms with van der Waals surface area (Å²) in [5, 5.41) is 0. The van der Waals surface area contributed by atoms with Gasteiger partial charge in [-0.15, -0.1) is 0 Å². The third-order valence-electron chi connectivity index (χ3n) is 3.54. The van der Waals surface area contributed by atoms with E-state index in [4.69, 9.17) is 5.73 Å². The number of rotatable bonds is 6. The maximum Gasteiger partial charge on any atom is 0.246 e. The highest BCUT2D eigenvalue weighted by atomic mass is 32.2. The minimum Gasteiger partial charge on any atom is -0.330 e. The van der Waals surface area contributed by atoms with Crippen LogP contribution in [-0.4, -0.2) is 31.9 Å². The van der Waals surface area contributed by atoms with Gasteiger partial charge in [-0.05, 0) is 44.0 Å². The molecule has 2 rings (SSSR count). The number of nitrogens with zero attached hydrogens (tertiary/aromatic N) is 1. The second kappa shape index (κ2) is 6.15. The van der Waals surface area contributed by atoms with Gasteiger partial charge in [-0.3, -0.25) is 0 Å². The lowest BCUT2D eigenvalue weighted by Gasteiger charge is -2.36. The summed E-state index contributed by atoms with van der Waals surface area (Å²) in [6.07, 6.45) is 2.94. The molecule has 1 aliphatic rings. The minimum absolute atomic E-state index is 0.130. The van der Waals surface area contributed by atoms with Gasteiger partial charge >= 0.3 is 0 Å². The van der Waals surface area contributed by atoms with Gasteiger partial charge in [-0.1, -0.05) is 6.42 Å². The predicted molar refractivity (Wildman–Crippen MR) is 71.6 cm³/mol. The largest absolute Gasteiger partial charge is 0.330 e. The van der Waals surface area contributed by atoms with Crippen LogP contribution in [0.4, 0.5) is 8.78 Å². The van der Waals surface area contributed by atoms with Crippen LogP contribution in [0.2, 0.25) is 0 Å². The van der Waals surface area contributed by atoms with E-state index in [1.165, 1.54) is 4.31 Å². The number of hydrogen-bond acceptors (Lipinski definition) is 3. The van der Waals surface area contributed by atoms with Gasteiger partial charge in [-0.2, -0.15) is 4.31 Å². The Morgan fingerprint density at radius 3 is 2.55 bits per heavy atom. The highest BCUT2D eigenvalue weighted by Gasteiger charge is 2.36. The van der Waals surface area contributed by atoms with Crippen molar-refractivity contribution in [1.29, 1.82) is 0 Å². The van der Waals surface area contributed by atoms with Gasteiger partial charge in [0.15, 0.2) is 0 Å². The monoisotopic (exact) mass is 304 g/mol. The van der Waals surface area contributed by atoms with Crippen molar-refractivity contribution in [2.75, 3.05) is 13.1 Å². The Labute approximate surface area is 117 Å². The number of hydrogen-bond donors (Lipinski definition) is 1. The van der Waals surface area contributed by atoms with Crippen molar-refractivity contribution in [2.45, 2.75) is 36.6 Å². The maximum absolute atomic E-state index is 13.7. The van der Waals surface area contributed by atoms with Crippen LogP contribution < -0.4 is 5.73 Å². The normalized spacial score (nSPS) is 16.4. The van der Waals surface area contributed by atoms with Crippen LogP contribution in [0.15, 0.2) is 23.1 Å². The molecule has 1 saturated carbocycles. The van der Waals surface area contributed by atoms with E-state index in [1.54, 1.807) is 0 Å². The van der Waals surface area contributed by atoms with E-state index < -0.39 is 26.6 Å². The van der Waals surface area contributed by atoms with Crippen LogP contribution in [0.3, 0.4) is 0 Å². The molecule has 112 valence electrons. The molecule has 2 N–H and O–H groups in total. The maximum atomic E-state index is 13.7. The summed E-state index contributed by atoms with van der Waals surface area (Å²) in [7, 11) is -4.02. The van der Waals surface area contributed by atoms with E-state index in [0.717, 1.165) is 37.5 Å². The molecule has 0 heterocycles.